The van der Waals surface area contributed by atoms with Gasteiger partial charge in [0.2, 0.25) is 0 Å². The highest BCUT2D eigenvalue weighted by Gasteiger charge is 2.24. The highest BCUT2D eigenvalue weighted by atomic mass is 16.5. The molecule has 0 aliphatic rings. The molecule has 0 aliphatic carbocycles. The highest BCUT2D eigenvalue weighted by Crippen LogP contribution is 2.39. The lowest BCUT2D eigenvalue weighted by molar-refractivity contribution is 0.393. The summed E-state index contributed by atoms with van der Waals surface area (Å²) in [6, 6.07) is 6.92. The number of hydrogen-bond donors (Lipinski definition) is 3. The van der Waals surface area contributed by atoms with Crippen LogP contribution in [-0.4, -0.2) is 20.7 Å². The number of nitrogens with zero attached hydrogens (tertiary/aromatic N) is 2. The molecule has 6 nitrogen and oxygen atoms in total. The van der Waals surface area contributed by atoms with Crippen molar-refractivity contribution in [3.8, 4) is 28.0 Å². The van der Waals surface area contributed by atoms with Gasteiger partial charge in [0, 0.05) is 24.4 Å². The van der Waals surface area contributed by atoms with Gasteiger partial charge in [-0.15, -0.1) is 0 Å². The van der Waals surface area contributed by atoms with Crippen molar-refractivity contribution in [2.75, 3.05) is 0 Å². The Kier molecular flexibility index (Phi) is 3.44. The quantitative estimate of drug-likeness (QED) is 0.511. The average molecular weight is 310 g/mol. The van der Waals surface area contributed by atoms with Crippen LogP contribution in [-0.2, 0) is 7.05 Å². The molecule has 0 atom stereocenters. The molecule has 23 heavy (non-hydrogen) atoms. The van der Waals surface area contributed by atoms with E-state index >= 15 is 0 Å². The van der Waals surface area contributed by atoms with Gasteiger partial charge in [-0.25, -0.2) is 0 Å². The Morgan fingerprint density at radius 3 is 2.39 bits per heavy atom. The van der Waals surface area contributed by atoms with Crippen molar-refractivity contribution in [2.24, 2.45) is 12.8 Å². The molecule has 118 valence electrons. The zero-order valence-corrected chi connectivity index (χ0v) is 13.2. The third-order valence-electron chi connectivity index (χ3n) is 3.90. The summed E-state index contributed by atoms with van der Waals surface area (Å²) in [5.74, 6) is 0.860. The monoisotopic (exact) mass is 310 g/mol. The third kappa shape index (κ3) is 2.38. The minimum Gasteiger partial charge on any atom is -0.508 e. The van der Waals surface area contributed by atoms with Crippen LogP contribution < -0.4 is 5.73 Å². The number of phenols is 1. The van der Waals surface area contributed by atoms with Crippen LogP contribution in [0.15, 0.2) is 35.0 Å². The van der Waals surface area contributed by atoms with E-state index < -0.39 is 0 Å². The lowest BCUT2D eigenvalue weighted by Crippen LogP contribution is -2.16. The van der Waals surface area contributed by atoms with Gasteiger partial charge in [-0.05, 0) is 31.5 Å². The summed E-state index contributed by atoms with van der Waals surface area (Å²) in [4.78, 5) is 0. The van der Waals surface area contributed by atoms with E-state index in [0.29, 0.717) is 11.5 Å². The Balaban J connectivity index is 2.36. The van der Waals surface area contributed by atoms with Crippen molar-refractivity contribution in [1.29, 1.82) is 5.41 Å². The molecule has 0 bridgehead atoms. The molecule has 3 aromatic rings. The number of hydrogen-bond acceptors (Lipinski definition) is 4. The van der Waals surface area contributed by atoms with Crippen molar-refractivity contribution in [3.63, 3.8) is 0 Å². The highest BCUT2D eigenvalue weighted by molar-refractivity contribution is 6.05. The van der Waals surface area contributed by atoms with Gasteiger partial charge in [-0.3, -0.25) is 5.41 Å². The van der Waals surface area contributed by atoms with Crippen LogP contribution in [0.4, 0.5) is 0 Å². The first-order valence-electron chi connectivity index (χ1n) is 7.16. The topological polar surface area (TPSA) is 101 Å². The van der Waals surface area contributed by atoms with E-state index in [0.717, 1.165) is 27.9 Å². The fourth-order valence-electron chi connectivity index (χ4n) is 2.90. The second kappa shape index (κ2) is 5.31. The fraction of sp³-hybridized carbons (Fsp3) is 0.176. The van der Waals surface area contributed by atoms with Crippen molar-refractivity contribution in [1.82, 2.24) is 9.72 Å². The Morgan fingerprint density at radius 1 is 1.22 bits per heavy atom. The maximum atomic E-state index is 9.51. The maximum Gasteiger partial charge on any atom is 0.141 e. The summed E-state index contributed by atoms with van der Waals surface area (Å²) in [6.45, 7) is 3.70. The summed E-state index contributed by atoms with van der Waals surface area (Å²) in [5.41, 5.74) is 10.7. The first-order valence-corrected chi connectivity index (χ1v) is 7.16. The van der Waals surface area contributed by atoms with Gasteiger partial charge in [-0.2, -0.15) is 0 Å². The zero-order chi connectivity index (χ0) is 16.7. The summed E-state index contributed by atoms with van der Waals surface area (Å²) >= 11 is 0. The van der Waals surface area contributed by atoms with Crippen LogP contribution in [0, 0.1) is 19.3 Å². The number of aromatic hydroxyl groups is 1. The Hall–Kier alpha value is -3.02. The van der Waals surface area contributed by atoms with Crippen LogP contribution in [0.1, 0.15) is 17.1 Å². The minimum atomic E-state index is -0.0208. The van der Waals surface area contributed by atoms with E-state index in [1.807, 2.05) is 43.8 Å². The summed E-state index contributed by atoms with van der Waals surface area (Å²) in [7, 11) is 1.85. The Bertz CT molecular complexity index is 869. The minimum absolute atomic E-state index is 0.0208. The number of aromatic nitrogens is 2. The molecule has 1 aromatic carbocycles. The van der Waals surface area contributed by atoms with Gasteiger partial charge in [0.25, 0.3) is 0 Å². The van der Waals surface area contributed by atoms with Gasteiger partial charge in [-0.1, -0.05) is 17.3 Å². The number of benzene rings is 1. The molecule has 4 N–H and O–H groups in total. The standard InChI is InChI=1S/C17H18N4O2/c1-9-14(10(2)23-20-9)15-13(8-21(3)16(15)17(18)19)11-4-6-12(22)7-5-11/h4-8,22H,1-3H3,(H3,18,19). The van der Waals surface area contributed by atoms with Crippen LogP contribution in [0.2, 0.25) is 0 Å². The average Bonchev–Trinajstić information content (AvgIpc) is 2.99. The van der Waals surface area contributed by atoms with E-state index in [-0.39, 0.29) is 11.6 Å². The zero-order valence-electron chi connectivity index (χ0n) is 13.2. The molecule has 0 radical (unpaired) electrons. The molecule has 0 aliphatic heterocycles. The third-order valence-corrected chi connectivity index (χ3v) is 3.90. The van der Waals surface area contributed by atoms with Crippen molar-refractivity contribution in [2.45, 2.75) is 13.8 Å². The fourth-order valence-corrected chi connectivity index (χ4v) is 2.90. The molecule has 0 unspecified atom stereocenters. The van der Waals surface area contributed by atoms with Gasteiger partial charge < -0.3 is 19.9 Å². The maximum absolute atomic E-state index is 9.51. The lowest BCUT2D eigenvalue weighted by atomic mass is 9.95. The van der Waals surface area contributed by atoms with Crippen molar-refractivity contribution in [3.05, 3.63) is 47.6 Å². The first kappa shape index (κ1) is 14.9. The van der Waals surface area contributed by atoms with E-state index in [1.54, 1.807) is 12.1 Å². The number of nitrogens with one attached hydrogen (secondary N) is 1. The van der Waals surface area contributed by atoms with E-state index in [4.69, 9.17) is 15.7 Å². The molecule has 0 amide bonds. The second-order valence-electron chi connectivity index (χ2n) is 5.54. The number of amidine groups is 1. The molecule has 2 aromatic heterocycles. The predicted octanol–water partition coefficient (Wildman–Crippen LogP) is 2.95. The van der Waals surface area contributed by atoms with Gasteiger partial charge in [0.1, 0.15) is 17.3 Å². The SMILES string of the molecule is Cc1noc(C)c1-c1c(-c2ccc(O)cc2)cn(C)c1C(=N)N. The largest absolute Gasteiger partial charge is 0.508 e. The van der Waals surface area contributed by atoms with Crippen LogP contribution in [0.5, 0.6) is 5.75 Å². The van der Waals surface area contributed by atoms with Crippen LogP contribution in [0.25, 0.3) is 22.3 Å². The smallest absolute Gasteiger partial charge is 0.141 e. The van der Waals surface area contributed by atoms with E-state index in [9.17, 15) is 5.11 Å². The number of aryl methyl sites for hydroxylation is 3. The first-order chi connectivity index (χ1) is 10.9. The van der Waals surface area contributed by atoms with E-state index in [2.05, 4.69) is 5.16 Å². The molecule has 6 heteroatoms. The molecule has 0 spiro atoms. The molecular weight excluding hydrogens is 292 g/mol. The van der Waals surface area contributed by atoms with Crippen LogP contribution >= 0.6 is 0 Å². The number of nitrogen functional groups attached to an aromatic ring is 1. The molecule has 0 fully saturated rings. The van der Waals surface area contributed by atoms with Crippen molar-refractivity contribution >= 4 is 5.84 Å². The number of phenolic OH excluding ortho intramolecular Hbond substituents is 1. The lowest BCUT2D eigenvalue weighted by Gasteiger charge is -2.08. The normalized spacial score (nSPS) is 10.9. The van der Waals surface area contributed by atoms with Gasteiger partial charge in [0.15, 0.2) is 0 Å². The molecule has 0 saturated carbocycles. The molecule has 0 saturated heterocycles. The number of rotatable bonds is 3. The van der Waals surface area contributed by atoms with Crippen LogP contribution in [0.3, 0.4) is 0 Å². The molecular formula is C17H18N4O2. The van der Waals surface area contributed by atoms with Gasteiger partial charge in [0.05, 0.1) is 17.0 Å². The molecule has 2 heterocycles. The second-order valence-corrected chi connectivity index (χ2v) is 5.54. The molecule has 3 rings (SSSR count). The van der Waals surface area contributed by atoms with E-state index in [1.165, 1.54) is 0 Å². The number of nitrogens with two attached hydrogens (primary N) is 1. The Labute approximate surface area is 133 Å². The Morgan fingerprint density at radius 2 is 1.87 bits per heavy atom. The summed E-state index contributed by atoms with van der Waals surface area (Å²) in [6.07, 6.45) is 1.92. The van der Waals surface area contributed by atoms with Gasteiger partial charge >= 0.3 is 0 Å². The summed E-state index contributed by atoms with van der Waals surface area (Å²) < 4.78 is 7.12. The summed E-state index contributed by atoms with van der Waals surface area (Å²) in [5, 5.41) is 21.5. The van der Waals surface area contributed by atoms with Crippen molar-refractivity contribution < 1.29 is 9.63 Å². The predicted molar refractivity (Wildman–Crippen MR) is 88.5 cm³/mol.